The molecule has 0 aliphatic rings. The second-order valence-corrected chi connectivity index (χ2v) is 5.80. The summed E-state index contributed by atoms with van der Waals surface area (Å²) < 4.78 is 10.0. The minimum atomic E-state index is -0.723. The van der Waals surface area contributed by atoms with Gasteiger partial charge in [-0.15, -0.1) is 0 Å². The first-order valence-electron chi connectivity index (χ1n) is 8.28. The van der Waals surface area contributed by atoms with Crippen LogP contribution in [0.25, 0.3) is 0 Å². The van der Waals surface area contributed by atoms with Crippen LogP contribution in [-0.4, -0.2) is 50.0 Å². The second kappa shape index (κ2) is 9.73. The molecule has 0 saturated heterocycles. The van der Waals surface area contributed by atoms with E-state index in [9.17, 15) is 14.4 Å². The molecule has 8 nitrogen and oxygen atoms in total. The second-order valence-electron chi connectivity index (χ2n) is 5.80. The number of carbonyl (C=O) groups is 3. The molecule has 0 fully saturated rings. The highest BCUT2D eigenvalue weighted by atomic mass is 16.5. The Morgan fingerprint density at radius 3 is 2.61 bits per heavy atom. The number of anilines is 1. The normalized spacial score (nSPS) is 9.75. The zero-order chi connectivity index (χ0) is 20.5. The number of ether oxygens (including phenoxy) is 2. The maximum atomic E-state index is 12.1. The zero-order valence-electron chi connectivity index (χ0n) is 15.5. The van der Waals surface area contributed by atoms with Crippen molar-refractivity contribution in [2.75, 3.05) is 32.6 Å². The molecular formula is C20H19N3O5. The molecule has 8 heteroatoms. The van der Waals surface area contributed by atoms with Crippen molar-refractivity contribution >= 4 is 23.5 Å². The van der Waals surface area contributed by atoms with E-state index in [0.29, 0.717) is 17.0 Å². The molecule has 2 amide bonds. The Morgan fingerprint density at radius 2 is 1.89 bits per heavy atom. The molecule has 0 spiro atoms. The Hall–Kier alpha value is -3.86. The summed E-state index contributed by atoms with van der Waals surface area (Å²) in [6.45, 7) is -0.726. The van der Waals surface area contributed by atoms with E-state index in [2.05, 4.69) is 5.32 Å². The summed E-state index contributed by atoms with van der Waals surface area (Å²) in [5.74, 6) is -1.07. The van der Waals surface area contributed by atoms with Crippen molar-refractivity contribution in [1.82, 2.24) is 4.90 Å². The van der Waals surface area contributed by atoms with Gasteiger partial charge in [0, 0.05) is 18.8 Å². The lowest BCUT2D eigenvalue weighted by Crippen LogP contribution is -2.37. The lowest BCUT2D eigenvalue weighted by atomic mass is 10.1. The van der Waals surface area contributed by atoms with Crippen molar-refractivity contribution in [2.24, 2.45) is 0 Å². The molecule has 0 saturated carbocycles. The van der Waals surface area contributed by atoms with E-state index >= 15 is 0 Å². The van der Waals surface area contributed by atoms with Crippen LogP contribution in [0.15, 0.2) is 48.5 Å². The number of likely N-dealkylation sites (N-methyl/N-ethyl adjacent to an activating group) is 1. The van der Waals surface area contributed by atoms with Crippen LogP contribution in [0.3, 0.4) is 0 Å². The van der Waals surface area contributed by atoms with E-state index < -0.39 is 24.4 Å². The first-order valence-corrected chi connectivity index (χ1v) is 8.28. The molecule has 144 valence electrons. The van der Waals surface area contributed by atoms with Crippen LogP contribution < -0.4 is 10.1 Å². The Morgan fingerprint density at radius 1 is 1.14 bits per heavy atom. The van der Waals surface area contributed by atoms with Crippen LogP contribution in [0.1, 0.15) is 15.9 Å². The molecule has 0 unspecified atom stereocenters. The summed E-state index contributed by atoms with van der Waals surface area (Å²) in [6.07, 6.45) is 0. The van der Waals surface area contributed by atoms with E-state index in [0.717, 1.165) is 4.90 Å². The summed E-state index contributed by atoms with van der Waals surface area (Å²) in [5, 5.41) is 11.5. The third kappa shape index (κ3) is 5.85. The largest absolute Gasteiger partial charge is 0.497 e. The van der Waals surface area contributed by atoms with Gasteiger partial charge in [0.25, 0.3) is 5.91 Å². The number of nitrogens with one attached hydrogen (secondary N) is 1. The number of hydrogen-bond donors (Lipinski definition) is 1. The van der Waals surface area contributed by atoms with Crippen LogP contribution in [0.5, 0.6) is 5.75 Å². The third-order valence-corrected chi connectivity index (χ3v) is 3.71. The number of hydrogen-bond acceptors (Lipinski definition) is 6. The van der Waals surface area contributed by atoms with Gasteiger partial charge in [0.15, 0.2) is 6.61 Å². The van der Waals surface area contributed by atoms with Gasteiger partial charge in [0.2, 0.25) is 5.91 Å². The quantitative estimate of drug-likeness (QED) is 0.733. The lowest BCUT2D eigenvalue weighted by Gasteiger charge is -2.17. The molecular weight excluding hydrogens is 362 g/mol. The molecule has 0 radical (unpaired) electrons. The van der Waals surface area contributed by atoms with Gasteiger partial charge in [0.1, 0.15) is 5.75 Å². The fraction of sp³-hybridized carbons (Fsp3) is 0.200. The standard InChI is InChI=1S/C20H19N3O5/c1-23(12-18(24)22-16-7-4-8-17(10-16)27-2)19(25)13-28-20(26)15-6-3-5-14(9-15)11-21/h3-10H,12-13H2,1-2H3,(H,22,24). The number of rotatable bonds is 7. The average molecular weight is 381 g/mol. The van der Waals surface area contributed by atoms with Gasteiger partial charge < -0.3 is 19.7 Å². The Bertz CT molecular complexity index is 920. The smallest absolute Gasteiger partial charge is 0.338 e. The first-order chi connectivity index (χ1) is 13.4. The number of amides is 2. The van der Waals surface area contributed by atoms with Gasteiger partial charge in [0.05, 0.1) is 30.9 Å². The summed E-state index contributed by atoms with van der Waals surface area (Å²) in [7, 11) is 2.95. The van der Waals surface area contributed by atoms with Gasteiger partial charge in [-0.1, -0.05) is 12.1 Å². The zero-order valence-corrected chi connectivity index (χ0v) is 15.5. The molecule has 2 aromatic carbocycles. The maximum absolute atomic E-state index is 12.1. The van der Waals surface area contributed by atoms with E-state index in [1.54, 1.807) is 36.4 Å². The summed E-state index contributed by atoms with van der Waals surface area (Å²) in [5.41, 5.74) is 1.02. The van der Waals surface area contributed by atoms with Crippen molar-refractivity contribution in [1.29, 1.82) is 5.26 Å². The number of nitrogens with zero attached hydrogens (tertiary/aromatic N) is 2. The molecule has 1 N–H and O–H groups in total. The molecule has 0 aromatic heterocycles. The summed E-state index contributed by atoms with van der Waals surface area (Å²) in [4.78, 5) is 37.3. The van der Waals surface area contributed by atoms with Crippen LogP contribution >= 0.6 is 0 Å². The minimum Gasteiger partial charge on any atom is -0.497 e. The number of nitriles is 1. The van der Waals surface area contributed by atoms with Gasteiger partial charge in [-0.25, -0.2) is 4.79 Å². The highest BCUT2D eigenvalue weighted by Gasteiger charge is 2.16. The third-order valence-electron chi connectivity index (χ3n) is 3.71. The molecule has 0 aliphatic heterocycles. The Kier molecular flexibility index (Phi) is 7.11. The molecule has 0 aliphatic carbocycles. The number of carbonyl (C=O) groups excluding carboxylic acids is 3. The van der Waals surface area contributed by atoms with Gasteiger partial charge in [-0.2, -0.15) is 5.26 Å². The number of esters is 1. The fourth-order valence-corrected chi connectivity index (χ4v) is 2.24. The monoisotopic (exact) mass is 381 g/mol. The van der Waals surface area contributed by atoms with Gasteiger partial charge in [-0.3, -0.25) is 9.59 Å². The van der Waals surface area contributed by atoms with Crippen molar-refractivity contribution in [2.45, 2.75) is 0 Å². The van der Waals surface area contributed by atoms with Crippen LogP contribution in [0, 0.1) is 11.3 Å². The Labute approximate surface area is 162 Å². The van der Waals surface area contributed by atoms with Crippen LogP contribution in [-0.2, 0) is 14.3 Å². The number of benzene rings is 2. The number of methoxy groups -OCH3 is 1. The SMILES string of the molecule is COc1cccc(NC(=O)CN(C)C(=O)COC(=O)c2cccc(C#N)c2)c1. The van der Waals surface area contributed by atoms with E-state index in [1.807, 2.05) is 6.07 Å². The molecule has 0 bridgehead atoms. The van der Waals surface area contributed by atoms with Crippen LogP contribution in [0.4, 0.5) is 5.69 Å². The fourth-order valence-electron chi connectivity index (χ4n) is 2.24. The average Bonchev–Trinajstić information content (AvgIpc) is 2.71. The van der Waals surface area contributed by atoms with E-state index in [1.165, 1.54) is 26.3 Å². The van der Waals surface area contributed by atoms with Gasteiger partial charge in [-0.05, 0) is 30.3 Å². The van der Waals surface area contributed by atoms with Crippen molar-refractivity contribution in [3.05, 3.63) is 59.7 Å². The van der Waals surface area contributed by atoms with Gasteiger partial charge >= 0.3 is 5.97 Å². The van der Waals surface area contributed by atoms with Crippen molar-refractivity contribution in [3.8, 4) is 11.8 Å². The van der Waals surface area contributed by atoms with Crippen molar-refractivity contribution < 1.29 is 23.9 Å². The van der Waals surface area contributed by atoms with Crippen LogP contribution in [0.2, 0.25) is 0 Å². The molecule has 2 rings (SSSR count). The maximum Gasteiger partial charge on any atom is 0.338 e. The predicted octanol–water partition coefficient (Wildman–Crippen LogP) is 1.82. The van der Waals surface area contributed by atoms with Crippen molar-refractivity contribution in [3.63, 3.8) is 0 Å². The summed E-state index contributed by atoms with van der Waals surface area (Å²) in [6, 6.07) is 14.7. The summed E-state index contributed by atoms with van der Waals surface area (Å²) >= 11 is 0. The lowest BCUT2D eigenvalue weighted by molar-refractivity contribution is -0.136. The highest BCUT2D eigenvalue weighted by Crippen LogP contribution is 2.16. The molecule has 0 atom stereocenters. The molecule has 0 heterocycles. The minimum absolute atomic E-state index is 0.172. The first kappa shape index (κ1) is 20.5. The topological polar surface area (TPSA) is 109 Å². The molecule has 28 heavy (non-hydrogen) atoms. The Balaban J connectivity index is 1.83. The predicted molar refractivity (Wildman–Crippen MR) is 101 cm³/mol. The highest BCUT2D eigenvalue weighted by molar-refractivity contribution is 5.95. The van der Waals surface area contributed by atoms with E-state index in [4.69, 9.17) is 14.7 Å². The molecule has 2 aromatic rings. The van der Waals surface area contributed by atoms with E-state index in [-0.39, 0.29) is 12.1 Å².